The Hall–Kier alpha value is -3.32. The maximum absolute atomic E-state index is 13.2. The molecule has 7 heteroatoms. The van der Waals surface area contributed by atoms with E-state index in [-0.39, 0.29) is 36.6 Å². The van der Waals surface area contributed by atoms with Crippen LogP contribution in [-0.4, -0.2) is 30.8 Å². The SMILES string of the molecule is CC(C)[C@@H](CO)n1c2nc(=O)n(Cc3ccccc3)c(=O)c-2nc2ccccc21. The van der Waals surface area contributed by atoms with Gasteiger partial charge in [-0.25, -0.2) is 9.78 Å². The van der Waals surface area contributed by atoms with Crippen LogP contribution in [0.3, 0.4) is 0 Å². The zero-order valence-electron chi connectivity index (χ0n) is 16.3. The number of aromatic nitrogens is 4. The molecule has 2 heterocycles. The molecule has 148 valence electrons. The van der Waals surface area contributed by atoms with E-state index in [2.05, 4.69) is 9.97 Å². The molecular formula is C22H22N4O3. The zero-order valence-corrected chi connectivity index (χ0v) is 16.3. The molecule has 0 aromatic heterocycles. The monoisotopic (exact) mass is 390 g/mol. The van der Waals surface area contributed by atoms with Crippen LogP contribution in [0.5, 0.6) is 0 Å². The summed E-state index contributed by atoms with van der Waals surface area (Å²) in [7, 11) is 0. The van der Waals surface area contributed by atoms with E-state index in [9.17, 15) is 14.7 Å². The van der Waals surface area contributed by atoms with Gasteiger partial charge in [-0.3, -0.25) is 9.36 Å². The Morgan fingerprint density at radius 1 is 0.966 bits per heavy atom. The van der Waals surface area contributed by atoms with Gasteiger partial charge < -0.3 is 9.67 Å². The topological polar surface area (TPSA) is 90.0 Å². The third kappa shape index (κ3) is 3.34. The van der Waals surface area contributed by atoms with Crippen LogP contribution in [0.4, 0.5) is 0 Å². The predicted molar refractivity (Wildman–Crippen MR) is 111 cm³/mol. The highest BCUT2D eigenvalue weighted by atomic mass is 16.3. The highest BCUT2D eigenvalue weighted by molar-refractivity contribution is 5.79. The van der Waals surface area contributed by atoms with E-state index in [1.165, 1.54) is 0 Å². The van der Waals surface area contributed by atoms with E-state index in [0.29, 0.717) is 5.52 Å². The lowest BCUT2D eigenvalue weighted by atomic mass is 10.0. The molecule has 0 saturated heterocycles. The van der Waals surface area contributed by atoms with Gasteiger partial charge in [0.25, 0.3) is 5.56 Å². The van der Waals surface area contributed by atoms with Gasteiger partial charge in [0.15, 0.2) is 11.5 Å². The minimum Gasteiger partial charge on any atom is -0.394 e. The van der Waals surface area contributed by atoms with Gasteiger partial charge in [0, 0.05) is 0 Å². The molecule has 0 radical (unpaired) electrons. The Morgan fingerprint density at radius 2 is 1.66 bits per heavy atom. The first-order valence-electron chi connectivity index (χ1n) is 9.58. The number of hydrogen-bond donors (Lipinski definition) is 1. The average molecular weight is 390 g/mol. The van der Waals surface area contributed by atoms with Gasteiger partial charge in [0.1, 0.15) is 0 Å². The fourth-order valence-electron chi connectivity index (χ4n) is 3.61. The summed E-state index contributed by atoms with van der Waals surface area (Å²) in [6, 6.07) is 16.3. The van der Waals surface area contributed by atoms with E-state index >= 15 is 0 Å². The third-order valence-electron chi connectivity index (χ3n) is 5.17. The zero-order chi connectivity index (χ0) is 20.5. The second-order valence-electron chi connectivity index (χ2n) is 7.41. The average Bonchev–Trinajstić information content (AvgIpc) is 2.72. The van der Waals surface area contributed by atoms with Crippen molar-refractivity contribution in [2.75, 3.05) is 6.61 Å². The van der Waals surface area contributed by atoms with Crippen LogP contribution in [0.25, 0.3) is 22.6 Å². The van der Waals surface area contributed by atoms with Crippen LogP contribution < -0.4 is 11.2 Å². The van der Waals surface area contributed by atoms with Crippen LogP contribution in [-0.2, 0) is 6.54 Å². The highest BCUT2D eigenvalue weighted by Gasteiger charge is 2.26. The Bertz CT molecular complexity index is 1240. The molecule has 2 aromatic rings. The van der Waals surface area contributed by atoms with Gasteiger partial charge in [0.2, 0.25) is 0 Å². The summed E-state index contributed by atoms with van der Waals surface area (Å²) in [5.41, 5.74) is 1.18. The molecule has 29 heavy (non-hydrogen) atoms. The van der Waals surface area contributed by atoms with Gasteiger partial charge in [-0.05, 0) is 23.6 Å². The van der Waals surface area contributed by atoms with E-state index in [4.69, 9.17) is 0 Å². The van der Waals surface area contributed by atoms with Crippen molar-refractivity contribution < 1.29 is 5.11 Å². The molecule has 0 unspecified atom stereocenters. The number of benzene rings is 2. The van der Waals surface area contributed by atoms with Crippen molar-refractivity contribution in [3.8, 4) is 11.5 Å². The smallest absolute Gasteiger partial charge is 0.352 e. The fourth-order valence-corrected chi connectivity index (χ4v) is 3.61. The Balaban J connectivity index is 2.04. The molecule has 2 aliphatic rings. The summed E-state index contributed by atoms with van der Waals surface area (Å²) in [5.74, 6) is 0.262. The van der Waals surface area contributed by atoms with Crippen LogP contribution in [0.2, 0.25) is 0 Å². The van der Waals surface area contributed by atoms with Crippen molar-refractivity contribution in [1.29, 1.82) is 0 Å². The second kappa shape index (κ2) is 7.60. The predicted octanol–water partition coefficient (Wildman–Crippen LogP) is 2.30. The summed E-state index contributed by atoms with van der Waals surface area (Å²) < 4.78 is 2.88. The van der Waals surface area contributed by atoms with E-state index in [1.54, 1.807) is 4.57 Å². The van der Waals surface area contributed by atoms with Gasteiger partial charge in [-0.1, -0.05) is 56.3 Å². The summed E-state index contributed by atoms with van der Waals surface area (Å²) in [4.78, 5) is 34.7. The molecule has 0 fully saturated rings. The van der Waals surface area contributed by atoms with Crippen LogP contribution >= 0.6 is 0 Å². The molecule has 0 saturated carbocycles. The number of aliphatic hydroxyl groups excluding tert-OH is 1. The van der Waals surface area contributed by atoms with Crippen molar-refractivity contribution >= 4 is 11.0 Å². The van der Waals surface area contributed by atoms with E-state index < -0.39 is 11.2 Å². The number of fused-ring (bicyclic) bond motifs is 2. The number of para-hydroxylation sites is 2. The van der Waals surface area contributed by atoms with Crippen LogP contribution in [0.1, 0.15) is 25.5 Å². The standard InChI is InChI=1S/C22H22N4O3/c1-14(2)18(13-27)26-17-11-7-6-10-16(17)23-19-20(26)24-22(29)25(21(19)28)12-15-8-4-3-5-9-15/h3-11,14,18,27H,12-13H2,1-2H3/t18-/m1/s1. The Kier molecular flexibility index (Phi) is 4.98. The maximum atomic E-state index is 13.2. The third-order valence-corrected chi connectivity index (χ3v) is 5.17. The molecule has 7 nitrogen and oxygen atoms in total. The Morgan fingerprint density at radius 3 is 2.34 bits per heavy atom. The molecule has 1 N–H and O–H groups in total. The molecule has 0 bridgehead atoms. The highest BCUT2D eigenvalue weighted by Crippen LogP contribution is 2.28. The van der Waals surface area contributed by atoms with Gasteiger partial charge in [-0.2, -0.15) is 4.98 Å². The summed E-state index contributed by atoms with van der Waals surface area (Å²) in [6.07, 6.45) is 0. The molecule has 0 amide bonds. The quantitative estimate of drug-likeness (QED) is 0.528. The number of rotatable bonds is 5. The normalized spacial score (nSPS) is 12.7. The summed E-state index contributed by atoms with van der Waals surface area (Å²) in [6.45, 7) is 3.94. The molecule has 4 rings (SSSR count). The van der Waals surface area contributed by atoms with Gasteiger partial charge in [-0.15, -0.1) is 0 Å². The second-order valence-corrected chi connectivity index (χ2v) is 7.41. The number of nitrogens with zero attached hydrogens (tertiary/aromatic N) is 4. The minimum atomic E-state index is -0.627. The summed E-state index contributed by atoms with van der Waals surface area (Å²) in [5, 5.41) is 10.0. The van der Waals surface area contributed by atoms with E-state index in [0.717, 1.165) is 15.6 Å². The van der Waals surface area contributed by atoms with E-state index in [1.807, 2.05) is 68.4 Å². The molecule has 2 aliphatic heterocycles. The first kappa shape index (κ1) is 19.0. The van der Waals surface area contributed by atoms with Crippen molar-refractivity contribution in [3.05, 3.63) is 81.0 Å². The Labute approximate surface area is 167 Å². The number of hydrogen-bond acceptors (Lipinski definition) is 5. The molecular weight excluding hydrogens is 368 g/mol. The molecule has 1 atom stereocenters. The largest absolute Gasteiger partial charge is 0.394 e. The van der Waals surface area contributed by atoms with Crippen molar-refractivity contribution in [3.63, 3.8) is 0 Å². The minimum absolute atomic E-state index is 0.0580. The molecule has 0 spiro atoms. The van der Waals surface area contributed by atoms with Crippen LogP contribution in [0.15, 0.2) is 64.2 Å². The molecule has 0 aliphatic carbocycles. The maximum Gasteiger partial charge on any atom is 0.352 e. The van der Waals surface area contributed by atoms with Crippen molar-refractivity contribution in [2.45, 2.75) is 26.4 Å². The lowest BCUT2D eigenvalue weighted by molar-refractivity contribution is 0.196. The first-order valence-corrected chi connectivity index (χ1v) is 9.58. The first-order chi connectivity index (χ1) is 14.0. The van der Waals surface area contributed by atoms with Gasteiger partial charge in [0.05, 0.1) is 30.2 Å². The molecule has 2 aromatic carbocycles. The lowest BCUT2D eigenvalue weighted by Crippen LogP contribution is -2.39. The van der Waals surface area contributed by atoms with Crippen LogP contribution in [0, 0.1) is 5.92 Å². The summed E-state index contributed by atoms with van der Waals surface area (Å²) >= 11 is 0. The van der Waals surface area contributed by atoms with Crippen molar-refractivity contribution in [1.82, 2.24) is 19.1 Å². The van der Waals surface area contributed by atoms with Crippen molar-refractivity contribution in [2.24, 2.45) is 5.92 Å². The fraction of sp³-hybridized carbons (Fsp3) is 0.273. The number of aliphatic hydroxyl groups is 1. The van der Waals surface area contributed by atoms with Gasteiger partial charge >= 0.3 is 5.69 Å². The lowest BCUT2D eigenvalue weighted by Gasteiger charge is -2.27.